The molecule has 1 aromatic carbocycles. The van der Waals surface area contributed by atoms with Crippen LogP contribution in [0.2, 0.25) is 0 Å². The maximum Gasteiger partial charge on any atom is 0.170 e. The quantitative estimate of drug-likeness (QED) is 0.359. The lowest BCUT2D eigenvalue weighted by atomic mass is 10.1. The Bertz CT molecular complexity index is 461. The highest BCUT2D eigenvalue weighted by Gasteiger charge is 2.16. The molecule has 0 aliphatic carbocycles. The van der Waals surface area contributed by atoms with Gasteiger partial charge >= 0.3 is 0 Å². The SMILES string of the molecule is COC(C)(C)CCOc1ccc(/C(N)=N/O)cc1F. The van der Waals surface area contributed by atoms with Gasteiger partial charge in [0.1, 0.15) is 0 Å². The third kappa shape index (κ3) is 4.40. The number of nitrogens with two attached hydrogens (primary N) is 1. The second-order valence-electron chi connectivity index (χ2n) is 4.69. The Kier molecular flexibility index (Phi) is 5.11. The van der Waals surface area contributed by atoms with E-state index in [1.54, 1.807) is 7.11 Å². The van der Waals surface area contributed by atoms with E-state index in [2.05, 4.69) is 5.16 Å². The molecule has 0 aromatic heterocycles. The molecular weight excluding hydrogens is 251 g/mol. The van der Waals surface area contributed by atoms with E-state index < -0.39 is 5.82 Å². The Morgan fingerprint density at radius 3 is 2.68 bits per heavy atom. The average molecular weight is 270 g/mol. The lowest BCUT2D eigenvalue weighted by molar-refractivity contribution is 0.00514. The Labute approximate surface area is 111 Å². The molecule has 5 nitrogen and oxygen atoms in total. The van der Waals surface area contributed by atoms with E-state index in [4.69, 9.17) is 20.4 Å². The first-order valence-corrected chi connectivity index (χ1v) is 5.85. The fraction of sp³-hybridized carbons (Fsp3) is 0.462. The van der Waals surface area contributed by atoms with Gasteiger partial charge in [0.15, 0.2) is 17.4 Å². The van der Waals surface area contributed by atoms with Crippen LogP contribution < -0.4 is 10.5 Å². The van der Waals surface area contributed by atoms with E-state index in [0.29, 0.717) is 18.6 Å². The molecule has 0 heterocycles. The van der Waals surface area contributed by atoms with Crippen LogP contribution in [0.1, 0.15) is 25.8 Å². The predicted molar refractivity (Wildman–Crippen MR) is 70.1 cm³/mol. The molecule has 6 heteroatoms. The van der Waals surface area contributed by atoms with Crippen molar-refractivity contribution in [2.45, 2.75) is 25.9 Å². The molecular formula is C13H19FN2O3. The van der Waals surface area contributed by atoms with Gasteiger partial charge in [-0.3, -0.25) is 0 Å². The van der Waals surface area contributed by atoms with Crippen LogP contribution in [-0.4, -0.2) is 30.4 Å². The molecule has 19 heavy (non-hydrogen) atoms. The number of nitrogens with zero attached hydrogens (tertiary/aromatic N) is 1. The van der Waals surface area contributed by atoms with Gasteiger partial charge in [-0.15, -0.1) is 0 Å². The van der Waals surface area contributed by atoms with Crippen LogP contribution >= 0.6 is 0 Å². The average Bonchev–Trinajstić information content (AvgIpc) is 2.39. The molecule has 0 atom stereocenters. The number of hydrogen-bond acceptors (Lipinski definition) is 4. The summed E-state index contributed by atoms with van der Waals surface area (Å²) in [5.74, 6) is -0.577. The van der Waals surface area contributed by atoms with Crippen LogP contribution in [-0.2, 0) is 4.74 Å². The minimum Gasteiger partial charge on any atom is -0.490 e. The minimum absolute atomic E-state index is 0.126. The first kappa shape index (κ1) is 15.2. The van der Waals surface area contributed by atoms with Crippen molar-refractivity contribution >= 4 is 5.84 Å². The molecule has 1 aromatic rings. The van der Waals surface area contributed by atoms with Crippen LogP contribution in [0.5, 0.6) is 5.75 Å². The Morgan fingerprint density at radius 2 is 2.16 bits per heavy atom. The summed E-state index contributed by atoms with van der Waals surface area (Å²) in [6, 6.07) is 4.13. The molecule has 0 amide bonds. The monoisotopic (exact) mass is 270 g/mol. The number of rotatable bonds is 6. The smallest absolute Gasteiger partial charge is 0.170 e. The van der Waals surface area contributed by atoms with Crippen molar-refractivity contribution in [3.05, 3.63) is 29.6 Å². The third-order valence-electron chi connectivity index (χ3n) is 2.85. The standard InChI is InChI=1S/C13H19FN2O3/c1-13(2,18-3)6-7-19-11-5-4-9(8-10(11)14)12(15)16-17/h4-5,8,17H,6-7H2,1-3H3,(H2,15,16). The summed E-state index contributed by atoms with van der Waals surface area (Å²) in [4.78, 5) is 0. The maximum absolute atomic E-state index is 13.7. The molecule has 3 N–H and O–H groups in total. The number of oxime groups is 1. The predicted octanol–water partition coefficient (Wildman–Crippen LogP) is 2.11. The molecule has 1 rings (SSSR count). The van der Waals surface area contributed by atoms with Gasteiger partial charge in [-0.1, -0.05) is 5.16 Å². The molecule has 0 saturated carbocycles. The molecule has 106 valence electrons. The fourth-order valence-corrected chi connectivity index (χ4v) is 1.34. The van der Waals surface area contributed by atoms with Crippen molar-refractivity contribution in [3.8, 4) is 5.75 Å². The topological polar surface area (TPSA) is 77.1 Å². The van der Waals surface area contributed by atoms with E-state index in [9.17, 15) is 4.39 Å². The van der Waals surface area contributed by atoms with E-state index in [0.717, 1.165) is 6.07 Å². The van der Waals surface area contributed by atoms with Gasteiger partial charge in [0, 0.05) is 19.1 Å². The van der Waals surface area contributed by atoms with Crippen molar-refractivity contribution in [2.75, 3.05) is 13.7 Å². The number of benzene rings is 1. The highest BCUT2D eigenvalue weighted by atomic mass is 19.1. The van der Waals surface area contributed by atoms with Crippen molar-refractivity contribution < 1.29 is 19.1 Å². The van der Waals surface area contributed by atoms with Crippen molar-refractivity contribution in [2.24, 2.45) is 10.9 Å². The zero-order chi connectivity index (χ0) is 14.5. The molecule has 0 fully saturated rings. The molecule has 0 unspecified atom stereocenters. The second kappa shape index (κ2) is 6.38. The molecule has 0 spiro atoms. The van der Waals surface area contributed by atoms with Gasteiger partial charge in [0.05, 0.1) is 12.2 Å². The highest BCUT2D eigenvalue weighted by molar-refractivity contribution is 5.97. The van der Waals surface area contributed by atoms with Crippen molar-refractivity contribution in [1.29, 1.82) is 0 Å². The van der Waals surface area contributed by atoms with Gasteiger partial charge in [0.2, 0.25) is 0 Å². The lowest BCUT2D eigenvalue weighted by Crippen LogP contribution is -2.25. The maximum atomic E-state index is 13.7. The summed E-state index contributed by atoms with van der Waals surface area (Å²) in [7, 11) is 1.62. The van der Waals surface area contributed by atoms with Crippen LogP contribution in [0.25, 0.3) is 0 Å². The summed E-state index contributed by atoms with van der Waals surface area (Å²) >= 11 is 0. The largest absolute Gasteiger partial charge is 0.490 e. The first-order valence-electron chi connectivity index (χ1n) is 5.85. The second-order valence-corrected chi connectivity index (χ2v) is 4.69. The number of ether oxygens (including phenoxy) is 2. The summed E-state index contributed by atoms with van der Waals surface area (Å²) in [5, 5.41) is 11.3. The zero-order valence-electron chi connectivity index (χ0n) is 11.3. The Hall–Kier alpha value is -1.82. The highest BCUT2D eigenvalue weighted by Crippen LogP contribution is 2.20. The fourth-order valence-electron chi connectivity index (χ4n) is 1.34. The summed E-state index contributed by atoms with van der Waals surface area (Å²) in [6.45, 7) is 4.18. The third-order valence-corrected chi connectivity index (χ3v) is 2.85. The van der Waals surface area contributed by atoms with Crippen molar-refractivity contribution in [1.82, 2.24) is 0 Å². The van der Waals surface area contributed by atoms with E-state index in [1.165, 1.54) is 12.1 Å². The van der Waals surface area contributed by atoms with E-state index in [1.807, 2.05) is 13.8 Å². The lowest BCUT2D eigenvalue weighted by Gasteiger charge is -2.22. The van der Waals surface area contributed by atoms with Gasteiger partial charge in [-0.25, -0.2) is 4.39 Å². The number of hydrogen-bond donors (Lipinski definition) is 2. The van der Waals surface area contributed by atoms with Crippen LogP contribution in [0.15, 0.2) is 23.4 Å². The Morgan fingerprint density at radius 1 is 1.47 bits per heavy atom. The molecule has 0 aliphatic rings. The first-order chi connectivity index (χ1) is 8.89. The summed E-state index contributed by atoms with van der Waals surface area (Å²) in [6.07, 6.45) is 0.630. The van der Waals surface area contributed by atoms with Gasteiger partial charge in [-0.2, -0.15) is 0 Å². The van der Waals surface area contributed by atoms with Crippen LogP contribution in [0, 0.1) is 5.82 Å². The van der Waals surface area contributed by atoms with Gasteiger partial charge in [0.25, 0.3) is 0 Å². The van der Waals surface area contributed by atoms with E-state index in [-0.39, 0.29) is 17.2 Å². The van der Waals surface area contributed by atoms with Gasteiger partial charge in [-0.05, 0) is 32.0 Å². The normalized spacial score (nSPS) is 12.5. The molecule has 0 saturated heterocycles. The van der Waals surface area contributed by atoms with Crippen LogP contribution in [0.3, 0.4) is 0 Å². The number of halogens is 1. The van der Waals surface area contributed by atoms with Crippen molar-refractivity contribution in [3.63, 3.8) is 0 Å². The van der Waals surface area contributed by atoms with Crippen LogP contribution in [0.4, 0.5) is 4.39 Å². The Balaban J connectivity index is 2.66. The zero-order valence-corrected chi connectivity index (χ0v) is 11.3. The van der Waals surface area contributed by atoms with E-state index >= 15 is 0 Å². The van der Waals surface area contributed by atoms with Gasteiger partial charge < -0.3 is 20.4 Å². The molecule has 0 aliphatic heterocycles. The molecule has 0 radical (unpaired) electrons. The minimum atomic E-state index is -0.556. The summed E-state index contributed by atoms with van der Waals surface area (Å²) in [5.41, 5.74) is 5.35. The number of methoxy groups -OCH3 is 1. The summed E-state index contributed by atoms with van der Waals surface area (Å²) < 4.78 is 24.3. The number of amidine groups is 1. The molecule has 0 bridgehead atoms.